The molecule has 0 fully saturated rings. The normalized spacial score (nSPS) is 12.5. The first kappa shape index (κ1) is 11.6. The Bertz CT molecular complexity index is 522. The zero-order valence-electron chi connectivity index (χ0n) is 9.70. The maximum absolute atomic E-state index is 13.5. The molecule has 17 heavy (non-hydrogen) atoms. The Labute approximate surface area is 98.6 Å². The summed E-state index contributed by atoms with van der Waals surface area (Å²) in [5, 5.41) is 6.91. The third-order valence-corrected chi connectivity index (χ3v) is 2.54. The molecule has 5 heteroatoms. The lowest BCUT2D eigenvalue weighted by atomic mass is 10.1. The standard InChI is InChI=1S/C12H14FN3O/c1-7(14)10-6-11(16-15-10)8-3-4-12(17-2)9(13)5-8/h3-7H,14H2,1-2H3,(H,15,16). The van der Waals surface area contributed by atoms with Crippen molar-refractivity contribution >= 4 is 0 Å². The zero-order chi connectivity index (χ0) is 12.4. The molecule has 0 aliphatic rings. The number of ether oxygens (including phenoxy) is 1. The number of methoxy groups -OCH3 is 1. The Balaban J connectivity index is 2.36. The van der Waals surface area contributed by atoms with Crippen molar-refractivity contribution in [3.8, 4) is 17.0 Å². The van der Waals surface area contributed by atoms with Crippen molar-refractivity contribution in [1.82, 2.24) is 10.2 Å². The van der Waals surface area contributed by atoms with Crippen molar-refractivity contribution in [2.75, 3.05) is 7.11 Å². The second kappa shape index (κ2) is 4.55. The summed E-state index contributed by atoms with van der Waals surface area (Å²) in [4.78, 5) is 0. The van der Waals surface area contributed by atoms with E-state index in [2.05, 4.69) is 10.2 Å². The highest BCUT2D eigenvalue weighted by Gasteiger charge is 2.09. The molecule has 4 nitrogen and oxygen atoms in total. The van der Waals surface area contributed by atoms with E-state index in [1.807, 2.05) is 13.0 Å². The lowest BCUT2D eigenvalue weighted by molar-refractivity contribution is 0.386. The molecule has 1 atom stereocenters. The summed E-state index contributed by atoms with van der Waals surface area (Å²) in [5.41, 5.74) is 7.88. The van der Waals surface area contributed by atoms with Gasteiger partial charge in [0.2, 0.25) is 0 Å². The third-order valence-electron chi connectivity index (χ3n) is 2.54. The number of nitrogens with two attached hydrogens (primary N) is 1. The van der Waals surface area contributed by atoms with Crippen LogP contribution in [0.4, 0.5) is 4.39 Å². The van der Waals surface area contributed by atoms with Gasteiger partial charge in [0.25, 0.3) is 0 Å². The van der Waals surface area contributed by atoms with Gasteiger partial charge >= 0.3 is 0 Å². The molecule has 90 valence electrons. The lowest BCUT2D eigenvalue weighted by Gasteiger charge is -2.02. The summed E-state index contributed by atoms with van der Waals surface area (Å²) in [6, 6.07) is 6.40. The zero-order valence-corrected chi connectivity index (χ0v) is 9.70. The Morgan fingerprint density at radius 3 is 2.71 bits per heavy atom. The fourth-order valence-electron chi connectivity index (χ4n) is 1.54. The number of H-pyrrole nitrogens is 1. The summed E-state index contributed by atoms with van der Waals surface area (Å²) in [6.07, 6.45) is 0. The quantitative estimate of drug-likeness (QED) is 0.857. The Morgan fingerprint density at radius 2 is 2.18 bits per heavy atom. The first-order chi connectivity index (χ1) is 8.11. The monoisotopic (exact) mass is 235 g/mol. The van der Waals surface area contributed by atoms with Gasteiger partial charge in [-0.3, -0.25) is 5.10 Å². The summed E-state index contributed by atoms with van der Waals surface area (Å²) in [6.45, 7) is 1.85. The first-order valence-electron chi connectivity index (χ1n) is 5.26. The van der Waals surface area contributed by atoms with Gasteiger partial charge in [-0.25, -0.2) is 4.39 Å². The Morgan fingerprint density at radius 1 is 1.41 bits per heavy atom. The van der Waals surface area contributed by atoms with Crippen LogP contribution in [0.5, 0.6) is 5.75 Å². The molecule has 0 bridgehead atoms. The van der Waals surface area contributed by atoms with Gasteiger partial charge in [0.05, 0.1) is 18.5 Å². The van der Waals surface area contributed by atoms with E-state index in [1.165, 1.54) is 13.2 Å². The average Bonchev–Trinajstić information content (AvgIpc) is 2.78. The molecule has 0 spiro atoms. The van der Waals surface area contributed by atoms with Gasteiger partial charge < -0.3 is 10.5 Å². The second-order valence-electron chi connectivity index (χ2n) is 3.85. The van der Waals surface area contributed by atoms with Crippen molar-refractivity contribution in [3.05, 3.63) is 35.8 Å². The van der Waals surface area contributed by atoms with Crippen molar-refractivity contribution in [2.24, 2.45) is 5.73 Å². The Kier molecular flexibility index (Phi) is 3.10. The molecule has 0 amide bonds. The predicted molar refractivity (Wildman–Crippen MR) is 63.1 cm³/mol. The van der Waals surface area contributed by atoms with Crippen LogP contribution < -0.4 is 10.5 Å². The van der Waals surface area contributed by atoms with Crippen LogP contribution in [0.1, 0.15) is 18.7 Å². The number of hydrogen-bond donors (Lipinski definition) is 2. The molecule has 1 aromatic carbocycles. The lowest BCUT2D eigenvalue weighted by Crippen LogP contribution is -2.04. The van der Waals surface area contributed by atoms with E-state index in [4.69, 9.17) is 10.5 Å². The molecular weight excluding hydrogens is 221 g/mol. The van der Waals surface area contributed by atoms with E-state index < -0.39 is 5.82 Å². The van der Waals surface area contributed by atoms with Crippen LogP contribution in [0.15, 0.2) is 24.3 Å². The molecule has 0 aliphatic carbocycles. The van der Waals surface area contributed by atoms with Gasteiger partial charge in [-0.2, -0.15) is 5.10 Å². The number of benzene rings is 1. The maximum Gasteiger partial charge on any atom is 0.165 e. The van der Waals surface area contributed by atoms with Crippen LogP contribution >= 0.6 is 0 Å². The van der Waals surface area contributed by atoms with E-state index >= 15 is 0 Å². The van der Waals surface area contributed by atoms with Crippen molar-refractivity contribution in [1.29, 1.82) is 0 Å². The van der Waals surface area contributed by atoms with E-state index in [0.717, 1.165) is 5.69 Å². The van der Waals surface area contributed by atoms with Crippen LogP contribution in [-0.2, 0) is 0 Å². The van der Waals surface area contributed by atoms with Gasteiger partial charge in [0.15, 0.2) is 11.6 Å². The highest BCUT2D eigenvalue weighted by Crippen LogP contribution is 2.25. The average molecular weight is 235 g/mol. The topological polar surface area (TPSA) is 63.9 Å². The minimum Gasteiger partial charge on any atom is -0.494 e. The summed E-state index contributed by atoms with van der Waals surface area (Å²) in [7, 11) is 1.43. The van der Waals surface area contributed by atoms with E-state index in [0.29, 0.717) is 11.3 Å². The number of aromatic nitrogens is 2. The van der Waals surface area contributed by atoms with Gasteiger partial charge in [0.1, 0.15) is 0 Å². The summed E-state index contributed by atoms with van der Waals surface area (Å²) >= 11 is 0. The second-order valence-corrected chi connectivity index (χ2v) is 3.85. The highest BCUT2D eigenvalue weighted by atomic mass is 19.1. The summed E-state index contributed by atoms with van der Waals surface area (Å²) in [5.74, 6) is -0.188. The number of nitrogens with zero attached hydrogens (tertiary/aromatic N) is 1. The van der Waals surface area contributed by atoms with Crippen molar-refractivity contribution in [2.45, 2.75) is 13.0 Å². The number of rotatable bonds is 3. The van der Waals surface area contributed by atoms with E-state index in [9.17, 15) is 4.39 Å². The van der Waals surface area contributed by atoms with Gasteiger partial charge in [-0.15, -0.1) is 0 Å². The largest absolute Gasteiger partial charge is 0.494 e. The van der Waals surface area contributed by atoms with Crippen LogP contribution in [0.25, 0.3) is 11.3 Å². The fourth-order valence-corrected chi connectivity index (χ4v) is 1.54. The smallest absolute Gasteiger partial charge is 0.165 e. The Hall–Kier alpha value is -1.88. The number of halogens is 1. The molecule has 2 aromatic rings. The minimum atomic E-state index is -0.407. The molecule has 1 unspecified atom stereocenters. The molecule has 3 N–H and O–H groups in total. The van der Waals surface area contributed by atoms with Crippen LogP contribution in [0, 0.1) is 5.82 Å². The highest BCUT2D eigenvalue weighted by molar-refractivity contribution is 5.60. The van der Waals surface area contributed by atoms with Gasteiger partial charge in [-0.05, 0) is 31.2 Å². The summed E-state index contributed by atoms with van der Waals surface area (Å²) < 4.78 is 18.4. The van der Waals surface area contributed by atoms with Crippen LogP contribution in [0.2, 0.25) is 0 Å². The van der Waals surface area contributed by atoms with Crippen LogP contribution in [-0.4, -0.2) is 17.3 Å². The molecule has 1 aromatic heterocycles. The predicted octanol–water partition coefficient (Wildman–Crippen LogP) is 2.24. The van der Waals surface area contributed by atoms with Gasteiger partial charge in [-0.1, -0.05) is 0 Å². The van der Waals surface area contributed by atoms with Crippen LogP contribution in [0.3, 0.4) is 0 Å². The molecule has 0 radical (unpaired) electrons. The van der Waals surface area contributed by atoms with Crippen molar-refractivity contribution < 1.29 is 9.13 Å². The fraction of sp³-hybridized carbons (Fsp3) is 0.250. The third kappa shape index (κ3) is 2.29. The minimum absolute atomic E-state index is 0.126. The van der Waals surface area contributed by atoms with Crippen molar-refractivity contribution in [3.63, 3.8) is 0 Å². The number of nitrogens with one attached hydrogen (secondary N) is 1. The molecule has 0 aliphatic heterocycles. The van der Waals surface area contributed by atoms with E-state index in [-0.39, 0.29) is 11.8 Å². The maximum atomic E-state index is 13.5. The molecular formula is C12H14FN3O. The van der Waals surface area contributed by atoms with Gasteiger partial charge in [0, 0.05) is 11.6 Å². The number of aromatic amines is 1. The SMILES string of the molecule is COc1ccc(-c2cc(C(C)N)[nH]n2)cc1F. The first-order valence-corrected chi connectivity index (χ1v) is 5.26. The molecule has 1 heterocycles. The molecule has 2 rings (SSSR count). The van der Waals surface area contributed by atoms with E-state index in [1.54, 1.807) is 12.1 Å². The number of hydrogen-bond acceptors (Lipinski definition) is 3. The molecule has 0 saturated heterocycles. The molecule has 0 saturated carbocycles.